The zero-order valence-electron chi connectivity index (χ0n) is 17.7. The Hall–Kier alpha value is -3.78. The van der Waals surface area contributed by atoms with Gasteiger partial charge >= 0.3 is 0 Å². The van der Waals surface area contributed by atoms with Crippen LogP contribution >= 0.6 is 0 Å². The molecule has 5 nitrogen and oxygen atoms in total. The Bertz CT molecular complexity index is 1130. The lowest BCUT2D eigenvalue weighted by atomic mass is 10.1. The third kappa shape index (κ3) is 4.44. The zero-order chi connectivity index (χ0) is 21.7. The first kappa shape index (κ1) is 20.9. The minimum atomic E-state index is -0.456. The van der Waals surface area contributed by atoms with Gasteiger partial charge in [-0.05, 0) is 67.8 Å². The van der Waals surface area contributed by atoms with Crippen molar-refractivity contribution >= 4 is 17.7 Å². The van der Waals surface area contributed by atoms with Crippen molar-refractivity contribution in [2.75, 3.05) is 12.4 Å². The number of carbonyl (C=O) groups is 1. The summed E-state index contributed by atoms with van der Waals surface area (Å²) in [5.74, 6) is 0.177. The molecule has 1 heterocycles. The smallest absolute Gasteiger partial charge is 0.266 e. The minimum absolute atomic E-state index is 0.0411. The summed E-state index contributed by atoms with van der Waals surface area (Å²) >= 11 is 0. The summed E-state index contributed by atoms with van der Waals surface area (Å²) in [6.45, 7) is 6.13. The molecule has 0 bridgehead atoms. The summed E-state index contributed by atoms with van der Waals surface area (Å²) in [5, 5.41) is 12.3. The lowest BCUT2D eigenvalue weighted by Crippen LogP contribution is -2.13. The third-order valence-corrected chi connectivity index (χ3v) is 5.07. The van der Waals surface area contributed by atoms with Crippen LogP contribution in [0.25, 0.3) is 11.8 Å². The van der Waals surface area contributed by atoms with Crippen LogP contribution in [0.1, 0.15) is 29.4 Å². The molecule has 0 aliphatic heterocycles. The SMILES string of the molecule is CCc1ccc(-n2c(C)cc(/C=C(/C#N)C(=O)Nc3cccc(OC)c3)c2C)cc1. The first-order valence-corrected chi connectivity index (χ1v) is 9.82. The molecule has 3 aromatic rings. The molecule has 2 aromatic carbocycles. The number of aryl methyl sites for hydroxylation is 2. The zero-order valence-corrected chi connectivity index (χ0v) is 17.7. The van der Waals surface area contributed by atoms with Gasteiger partial charge in [0.15, 0.2) is 0 Å². The average Bonchev–Trinajstić information content (AvgIpc) is 3.04. The normalized spacial score (nSPS) is 11.1. The summed E-state index contributed by atoms with van der Waals surface area (Å²) in [5.41, 5.74) is 5.79. The predicted molar refractivity (Wildman–Crippen MR) is 120 cm³/mol. The Morgan fingerprint density at radius 3 is 2.53 bits per heavy atom. The summed E-state index contributed by atoms with van der Waals surface area (Å²) in [4.78, 5) is 12.6. The molecule has 3 rings (SSSR count). The average molecular weight is 399 g/mol. The quantitative estimate of drug-likeness (QED) is 0.457. The fourth-order valence-electron chi connectivity index (χ4n) is 3.42. The number of rotatable bonds is 6. The van der Waals surface area contributed by atoms with Gasteiger partial charge in [0.1, 0.15) is 17.4 Å². The summed E-state index contributed by atoms with van der Waals surface area (Å²) in [6, 6.07) is 19.4. The van der Waals surface area contributed by atoms with E-state index in [4.69, 9.17) is 4.74 Å². The largest absolute Gasteiger partial charge is 0.497 e. The minimum Gasteiger partial charge on any atom is -0.497 e. The highest BCUT2D eigenvalue weighted by Gasteiger charge is 2.14. The lowest BCUT2D eigenvalue weighted by molar-refractivity contribution is -0.112. The van der Waals surface area contributed by atoms with Gasteiger partial charge in [-0.3, -0.25) is 4.79 Å². The van der Waals surface area contributed by atoms with Gasteiger partial charge in [-0.1, -0.05) is 25.1 Å². The first-order chi connectivity index (χ1) is 14.5. The maximum Gasteiger partial charge on any atom is 0.266 e. The van der Waals surface area contributed by atoms with Crippen molar-refractivity contribution in [3.63, 3.8) is 0 Å². The molecule has 0 saturated carbocycles. The number of carbonyl (C=O) groups excluding carboxylic acids is 1. The number of nitrogens with one attached hydrogen (secondary N) is 1. The van der Waals surface area contributed by atoms with Crippen molar-refractivity contribution in [3.8, 4) is 17.5 Å². The molecular weight excluding hydrogens is 374 g/mol. The van der Waals surface area contributed by atoms with E-state index in [1.807, 2.05) is 26.0 Å². The van der Waals surface area contributed by atoms with Crippen molar-refractivity contribution in [1.82, 2.24) is 4.57 Å². The number of nitriles is 1. The summed E-state index contributed by atoms with van der Waals surface area (Å²) < 4.78 is 7.30. The Kier molecular flexibility index (Phi) is 6.38. The molecule has 0 aliphatic carbocycles. The third-order valence-electron chi connectivity index (χ3n) is 5.07. The van der Waals surface area contributed by atoms with Gasteiger partial charge in [0, 0.05) is 28.8 Å². The fourth-order valence-corrected chi connectivity index (χ4v) is 3.42. The van der Waals surface area contributed by atoms with Crippen molar-refractivity contribution in [2.45, 2.75) is 27.2 Å². The second kappa shape index (κ2) is 9.15. The Balaban J connectivity index is 1.90. The molecule has 0 atom stereocenters. The molecule has 0 unspecified atom stereocenters. The number of amides is 1. The van der Waals surface area contributed by atoms with Crippen LogP contribution in [0.4, 0.5) is 5.69 Å². The van der Waals surface area contributed by atoms with E-state index < -0.39 is 5.91 Å². The predicted octanol–water partition coefficient (Wildman–Crippen LogP) is 5.21. The number of ether oxygens (including phenoxy) is 1. The van der Waals surface area contributed by atoms with Crippen LogP contribution in [0.15, 0.2) is 60.2 Å². The van der Waals surface area contributed by atoms with Crippen molar-refractivity contribution in [2.24, 2.45) is 0 Å². The number of hydrogen-bond acceptors (Lipinski definition) is 3. The van der Waals surface area contributed by atoms with E-state index in [-0.39, 0.29) is 5.57 Å². The molecule has 0 spiro atoms. The molecule has 5 heteroatoms. The number of anilines is 1. The second-order valence-electron chi connectivity index (χ2n) is 7.04. The van der Waals surface area contributed by atoms with Gasteiger partial charge < -0.3 is 14.6 Å². The van der Waals surface area contributed by atoms with E-state index in [1.165, 1.54) is 5.56 Å². The van der Waals surface area contributed by atoms with Crippen LogP contribution in [0.5, 0.6) is 5.75 Å². The number of nitrogens with zero attached hydrogens (tertiary/aromatic N) is 2. The highest BCUT2D eigenvalue weighted by atomic mass is 16.5. The summed E-state index contributed by atoms with van der Waals surface area (Å²) in [7, 11) is 1.56. The lowest BCUT2D eigenvalue weighted by Gasteiger charge is -2.10. The van der Waals surface area contributed by atoms with Crippen molar-refractivity contribution in [3.05, 3.63) is 82.7 Å². The molecule has 0 saturated heterocycles. The van der Waals surface area contributed by atoms with E-state index in [0.29, 0.717) is 11.4 Å². The topological polar surface area (TPSA) is 67.0 Å². The van der Waals surface area contributed by atoms with E-state index in [2.05, 4.69) is 41.1 Å². The van der Waals surface area contributed by atoms with E-state index in [9.17, 15) is 10.1 Å². The molecule has 152 valence electrons. The van der Waals surface area contributed by atoms with Crippen molar-refractivity contribution < 1.29 is 9.53 Å². The molecule has 0 fully saturated rings. The van der Waals surface area contributed by atoms with Gasteiger partial charge in [0.05, 0.1) is 7.11 Å². The van der Waals surface area contributed by atoms with Crippen LogP contribution < -0.4 is 10.1 Å². The van der Waals surface area contributed by atoms with Crippen LogP contribution in [-0.4, -0.2) is 17.6 Å². The molecule has 0 aliphatic rings. The van der Waals surface area contributed by atoms with Crippen LogP contribution in [-0.2, 0) is 11.2 Å². The van der Waals surface area contributed by atoms with E-state index in [1.54, 1.807) is 37.5 Å². The number of methoxy groups -OCH3 is 1. The number of hydrogen-bond donors (Lipinski definition) is 1. The molecular formula is C25H25N3O2. The van der Waals surface area contributed by atoms with E-state index in [0.717, 1.165) is 29.1 Å². The van der Waals surface area contributed by atoms with E-state index >= 15 is 0 Å². The fraction of sp³-hybridized carbons (Fsp3) is 0.200. The molecule has 1 aromatic heterocycles. The van der Waals surface area contributed by atoms with Crippen LogP contribution in [0, 0.1) is 25.2 Å². The Morgan fingerprint density at radius 2 is 1.90 bits per heavy atom. The van der Waals surface area contributed by atoms with Gasteiger partial charge in [-0.25, -0.2) is 0 Å². The summed E-state index contributed by atoms with van der Waals surface area (Å²) in [6.07, 6.45) is 2.63. The highest BCUT2D eigenvalue weighted by Crippen LogP contribution is 2.24. The maximum absolute atomic E-state index is 12.6. The van der Waals surface area contributed by atoms with Gasteiger partial charge in [-0.2, -0.15) is 5.26 Å². The molecule has 1 N–H and O–H groups in total. The number of aromatic nitrogens is 1. The molecule has 30 heavy (non-hydrogen) atoms. The van der Waals surface area contributed by atoms with Gasteiger partial charge in [0.2, 0.25) is 0 Å². The monoisotopic (exact) mass is 399 g/mol. The van der Waals surface area contributed by atoms with Crippen LogP contribution in [0.3, 0.4) is 0 Å². The van der Waals surface area contributed by atoms with Gasteiger partial charge in [0.25, 0.3) is 5.91 Å². The second-order valence-corrected chi connectivity index (χ2v) is 7.04. The van der Waals surface area contributed by atoms with Gasteiger partial charge in [-0.15, -0.1) is 0 Å². The molecule has 0 radical (unpaired) electrons. The standard InChI is InChI=1S/C25H25N3O2/c1-5-19-9-11-23(12-10-19)28-17(2)13-20(18(28)3)14-21(16-26)25(29)27-22-7-6-8-24(15-22)30-4/h6-15H,5H2,1-4H3,(H,27,29)/b21-14-. The Morgan fingerprint density at radius 1 is 1.17 bits per heavy atom. The number of benzene rings is 2. The Labute approximate surface area is 177 Å². The highest BCUT2D eigenvalue weighted by molar-refractivity contribution is 6.09. The first-order valence-electron chi connectivity index (χ1n) is 9.82. The van der Waals surface area contributed by atoms with Crippen molar-refractivity contribution in [1.29, 1.82) is 5.26 Å². The van der Waals surface area contributed by atoms with Crippen LogP contribution in [0.2, 0.25) is 0 Å². The maximum atomic E-state index is 12.6. The molecule has 1 amide bonds.